The molecule has 1 amide bonds. The topological polar surface area (TPSA) is 63.1 Å². The van der Waals surface area contributed by atoms with Crippen LogP contribution < -0.4 is 5.32 Å². The molecule has 0 spiro atoms. The van der Waals surface area contributed by atoms with Crippen molar-refractivity contribution in [1.82, 2.24) is 19.7 Å². The number of thioether (sulfide) groups is 1. The number of halogens is 1. The van der Waals surface area contributed by atoms with E-state index in [9.17, 15) is 9.18 Å². The fraction of sp³-hybridized carbons (Fsp3) is 0.348. The summed E-state index contributed by atoms with van der Waals surface area (Å²) in [6, 6.07) is 14.7. The summed E-state index contributed by atoms with van der Waals surface area (Å²) < 4.78 is 16.0. The van der Waals surface area contributed by atoms with Crippen LogP contribution in [0.3, 0.4) is 0 Å². The number of nitrogens with one attached hydrogen (secondary N) is 1. The Morgan fingerprint density at radius 2 is 1.87 bits per heavy atom. The summed E-state index contributed by atoms with van der Waals surface area (Å²) >= 11 is 1.30. The molecule has 0 unspecified atom stereocenters. The van der Waals surface area contributed by atoms with E-state index in [2.05, 4.69) is 20.4 Å². The third-order valence-electron chi connectivity index (χ3n) is 5.26. The number of amides is 1. The molecule has 1 aliphatic heterocycles. The van der Waals surface area contributed by atoms with Gasteiger partial charge in [-0.1, -0.05) is 42.4 Å². The molecule has 162 valence electrons. The van der Waals surface area contributed by atoms with Crippen molar-refractivity contribution in [3.05, 3.63) is 65.7 Å². The quantitative estimate of drug-likeness (QED) is 0.552. The molecule has 0 saturated carbocycles. The van der Waals surface area contributed by atoms with Crippen LogP contribution >= 0.6 is 11.8 Å². The van der Waals surface area contributed by atoms with Gasteiger partial charge in [-0.25, -0.2) is 4.39 Å². The molecule has 8 heteroatoms. The standard InChI is InChI=1S/C23H26FN5OS/c1-17-10-11-20(19(24)14-17)25-22(30)16-31-23-27-26-21(15-28-12-6-3-7-13-28)29(23)18-8-4-2-5-9-18/h2,4-5,8-11,14H,3,6-7,12-13,15-16H2,1H3,(H,25,30). The van der Waals surface area contributed by atoms with E-state index in [4.69, 9.17) is 0 Å². The number of hydrogen-bond donors (Lipinski definition) is 1. The molecule has 1 saturated heterocycles. The van der Waals surface area contributed by atoms with Gasteiger partial charge >= 0.3 is 0 Å². The number of likely N-dealkylation sites (tertiary alicyclic amines) is 1. The highest BCUT2D eigenvalue weighted by molar-refractivity contribution is 7.99. The van der Waals surface area contributed by atoms with E-state index in [0.29, 0.717) is 5.16 Å². The van der Waals surface area contributed by atoms with Crippen molar-refractivity contribution in [3.8, 4) is 5.69 Å². The van der Waals surface area contributed by atoms with Crippen LogP contribution in [0.4, 0.5) is 10.1 Å². The van der Waals surface area contributed by atoms with Crippen molar-refractivity contribution >= 4 is 23.4 Å². The van der Waals surface area contributed by atoms with Crippen LogP contribution in [0.15, 0.2) is 53.7 Å². The Hall–Kier alpha value is -2.71. The van der Waals surface area contributed by atoms with E-state index in [1.54, 1.807) is 12.1 Å². The Kier molecular flexibility index (Phi) is 6.99. The average molecular weight is 440 g/mol. The van der Waals surface area contributed by atoms with Gasteiger partial charge in [-0.3, -0.25) is 14.3 Å². The van der Waals surface area contributed by atoms with Crippen LogP contribution in [0.25, 0.3) is 5.69 Å². The summed E-state index contributed by atoms with van der Waals surface area (Å²) in [5.74, 6) is 0.255. The monoisotopic (exact) mass is 439 g/mol. The minimum atomic E-state index is -0.436. The Morgan fingerprint density at radius 1 is 1.10 bits per heavy atom. The van der Waals surface area contributed by atoms with E-state index in [-0.39, 0.29) is 17.3 Å². The van der Waals surface area contributed by atoms with Gasteiger partial charge in [-0.2, -0.15) is 0 Å². The molecule has 1 fully saturated rings. The molecule has 2 heterocycles. The van der Waals surface area contributed by atoms with Gasteiger partial charge in [0.05, 0.1) is 18.0 Å². The number of nitrogens with zero attached hydrogens (tertiary/aromatic N) is 4. The third-order valence-corrected chi connectivity index (χ3v) is 6.19. The number of carbonyl (C=O) groups excluding carboxylic acids is 1. The average Bonchev–Trinajstić information content (AvgIpc) is 3.18. The highest BCUT2D eigenvalue weighted by Crippen LogP contribution is 2.24. The summed E-state index contributed by atoms with van der Waals surface area (Å²) in [5.41, 5.74) is 1.96. The first kappa shape index (κ1) is 21.5. The van der Waals surface area contributed by atoms with Gasteiger partial charge in [0.15, 0.2) is 11.0 Å². The molecule has 2 aromatic carbocycles. The highest BCUT2D eigenvalue weighted by Gasteiger charge is 2.19. The van der Waals surface area contributed by atoms with Crippen LogP contribution in [0.2, 0.25) is 0 Å². The van der Waals surface area contributed by atoms with Crippen LogP contribution in [0, 0.1) is 12.7 Å². The normalized spacial score (nSPS) is 14.5. The van der Waals surface area contributed by atoms with Crippen LogP contribution in [0.1, 0.15) is 30.7 Å². The van der Waals surface area contributed by atoms with Crippen LogP contribution in [0.5, 0.6) is 0 Å². The second kappa shape index (κ2) is 10.1. The van der Waals surface area contributed by atoms with Gasteiger partial charge in [-0.05, 0) is 62.7 Å². The van der Waals surface area contributed by atoms with Crippen LogP contribution in [-0.2, 0) is 11.3 Å². The molecule has 3 aromatic rings. The Balaban J connectivity index is 1.48. The molecule has 0 aliphatic carbocycles. The summed E-state index contributed by atoms with van der Waals surface area (Å²) in [5, 5.41) is 12.1. The smallest absolute Gasteiger partial charge is 0.234 e. The molecule has 4 rings (SSSR count). The number of piperidine rings is 1. The molecule has 31 heavy (non-hydrogen) atoms. The molecule has 1 aromatic heterocycles. The molecular formula is C23H26FN5OS. The number of rotatable bonds is 7. The number of aromatic nitrogens is 3. The minimum absolute atomic E-state index is 0.113. The highest BCUT2D eigenvalue weighted by atomic mass is 32.2. The lowest BCUT2D eigenvalue weighted by molar-refractivity contribution is -0.113. The molecule has 0 atom stereocenters. The molecular weight excluding hydrogens is 413 g/mol. The number of benzene rings is 2. The third kappa shape index (κ3) is 5.51. The van der Waals surface area contributed by atoms with Gasteiger partial charge in [0.2, 0.25) is 5.91 Å². The molecule has 1 aliphatic rings. The molecule has 0 bridgehead atoms. The first-order valence-corrected chi connectivity index (χ1v) is 11.5. The maximum Gasteiger partial charge on any atom is 0.234 e. The number of anilines is 1. The SMILES string of the molecule is Cc1ccc(NC(=O)CSc2nnc(CN3CCCCC3)n2-c2ccccc2)c(F)c1. The molecule has 0 radical (unpaired) electrons. The lowest BCUT2D eigenvalue weighted by Crippen LogP contribution is -2.30. The van der Waals surface area contributed by atoms with Crippen molar-refractivity contribution in [1.29, 1.82) is 0 Å². The van der Waals surface area contributed by atoms with E-state index in [0.717, 1.165) is 36.7 Å². The second-order valence-electron chi connectivity index (χ2n) is 7.73. The Morgan fingerprint density at radius 3 is 2.61 bits per heavy atom. The van der Waals surface area contributed by atoms with Crippen molar-refractivity contribution in [2.45, 2.75) is 37.9 Å². The maximum absolute atomic E-state index is 14.0. The molecule has 6 nitrogen and oxygen atoms in total. The molecule has 1 N–H and O–H groups in total. The second-order valence-corrected chi connectivity index (χ2v) is 8.67. The van der Waals surface area contributed by atoms with Gasteiger partial charge in [0, 0.05) is 5.69 Å². The minimum Gasteiger partial charge on any atom is -0.323 e. The van der Waals surface area contributed by atoms with Gasteiger partial charge in [-0.15, -0.1) is 10.2 Å². The predicted molar refractivity (Wildman–Crippen MR) is 121 cm³/mol. The number of aryl methyl sites for hydroxylation is 1. The fourth-order valence-electron chi connectivity index (χ4n) is 3.69. The van der Waals surface area contributed by atoms with E-state index < -0.39 is 5.82 Å². The lowest BCUT2D eigenvalue weighted by Gasteiger charge is -2.26. The van der Waals surface area contributed by atoms with E-state index in [1.807, 2.05) is 41.8 Å². The lowest BCUT2D eigenvalue weighted by atomic mass is 10.1. The van der Waals surface area contributed by atoms with Crippen molar-refractivity contribution in [2.24, 2.45) is 0 Å². The van der Waals surface area contributed by atoms with E-state index >= 15 is 0 Å². The summed E-state index contributed by atoms with van der Waals surface area (Å²) in [6.45, 7) is 4.66. The predicted octanol–water partition coefficient (Wildman–Crippen LogP) is 4.43. The largest absolute Gasteiger partial charge is 0.323 e. The number of hydrogen-bond acceptors (Lipinski definition) is 5. The van der Waals surface area contributed by atoms with Gasteiger partial charge < -0.3 is 5.32 Å². The first-order valence-electron chi connectivity index (χ1n) is 10.5. The van der Waals surface area contributed by atoms with Crippen molar-refractivity contribution in [2.75, 3.05) is 24.2 Å². The first-order chi connectivity index (χ1) is 15.1. The van der Waals surface area contributed by atoms with Crippen LogP contribution in [-0.4, -0.2) is 44.4 Å². The summed E-state index contributed by atoms with van der Waals surface area (Å²) in [6.07, 6.45) is 3.69. The summed E-state index contributed by atoms with van der Waals surface area (Å²) in [4.78, 5) is 14.8. The van der Waals surface area contributed by atoms with Crippen molar-refractivity contribution in [3.63, 3.8) is 0 Å². The number of carbonyl (C=O) groups is 1. The maximum atomic E-state index is 14.0. The van der Waals surface area contributed by atoms with Gasteiger partial charge in [0.25, 0.3) is 0 Å². The zero-order chi connectivity index (χ0) is 21.6. The van der Waals surface area contributed by atoms with Gasteiger partial charge in [0.1, 0.15) is 5.82 Å². The van der Waals surface area contributed by atoms with E-state index in [1.165, 1.54) is 37.1 Å². The zero-order valence-corrected chi connectivity index (χ0v) is 18.4. The Labute approximate surface area is 185 Å². The number of para-hydroxylation sites is 1. The summed E-state index contributed by atoms with van der Waals surface area (Å²) in [7, 11) is 0. The Bertz CT molecular complexity index is 1030. The fourth-order valence-corrected chi connectivity index (χ4v) is 4.46. The zero-order valence-electron chi connectivity index (χ0n) is 17.6. The van der Waals surface area contributed by atoms with Crippen molar-refractivity contribution < 1.29 is 9.18 Å².